The fraction of sp³-hybridized carbons (Fsp3) is 0.176. The van der Waals surface area contributed by atoms with Crippen LogP contribution in [0.15, 0.2) is 140 Å². The van der Waals surface area contributed by atoms with E-state index < -0.39 is 6.85 Å². The van der Waals surface area contributed by atoms with Gasteiger partial charge in [0, 0.05) is 65.5 Å². The topological polar surface area (TPSA) is 33.5 Å². The molecule has 57 heavy (non-hydrogen) atoms. The fourth-order valence-electron chi connectivity index (χ4n) is 7.48. The van der Waals surface area contributed by atoms with Crippen molar-refractivity contribution in [2.24, 2.45) is 0 Å². The number of hydrogen-bond donors (Lipinski definition) is 0. The number of rotatable bonds is 6. The van der Waals surface area contributed by atoms with Crippen LogP contribution in [0.1, 0.15) is 62.3 Å². The summed E-state index contributed by atoms with van der Waals surface area (Å²) in [5.74, 6) is 1.64. The Balaban J connectivity index is 0.00000499. The van der Waals surface area contributed by atoms with Crippen LogP contribution in [0, 0.1) is 25.7 Å². The number of fused-ring (bicyclic) bond motifs is 4. The van der Waals surface area contributed by atoms with E-state index in [0.717, 1.165) is 50.1 Å². The summed E-state index contributed by atoms with van der Waals surface area (Å²) in [6.45, 7) is 13.4. The molecule has 0 saturated heterocycles. The third kappa shape index (κ3) is 7.15. The molecule has 0 fully saturated rings. The predicted molar refractivity (Wildman–Crippen MR) is 232 cm³/mol. The Bertz CT molecular complexity index is 2840. The maximum absolute atomic E-state index is 8.27. The standard InChI is InChI=1S/C51H45N4O.Pt/c1-34-32-52-49(31-44(34)35-16-9-8-10-17-35)55-45-21-12-11-20-42(45)43-25-24-41(30-48(43)55)56-40-19-15-18-38(29-40)53-33-54(47-23-14-13-22-46(47)53)39-27-36(50(2,3)4)26-37(28-39)51(5,6)7;/h8-28,31-33H,1-7H3;/q-3;/i1D3;. The van der Waals surface area contributed by atoms with Gasteiger partial charge in [0.1, 0.15) is 5.82 Å². The van der Waals surface area contributed by atoms with E-state index in [1.165, 1.54) is 17.3 Å². The summed E-state index contributed by atoms with van der Waals surface area (Å²) in [7, 11) is 0. The molecular formula is C51H45N4OPt-3. The number of pyridine rings is 1. The van der Waals surface area contributed by atoms with Crippen LogP contribution in [-0.2, 0) is 31.9 Å². The molecule has 0 spiro atoms. The molecule has 9 rings (SSSR count). The molecule has 0 amide bonds. The fourth-order valence-corrected chi connectivity index (χ4v) is 7.48. The molecule has 3 heterocycles. The number of ether oxygens (including phenoxy) is 1. The van der Waals surface area contributed by atoms with Crippen LogP contribution < -0.4 is 14.5 Å². The van der Waals surface area contributed by atoms with E-state index in [-0.39, 0.29) is 37.5 Å². The Morgan fingerprint density at radius 1 is 0.649 bits per heavy atom. The van der Waals surface area contributed by atoms with Crippen LogP contribution in [0.25, 0.3) is 38.8 Å². The molecule has 8 aromatic rings. The summed E-state index contributed by atoms with van der Waals surface area (Å²) in [5.41, 5.74) is 9.92. The van der Waals surface area contributed by atoms with Crippen LogP contribution in [0.4, 0.5) is 22.7 Å². The molecule has 0 aliphatic carbocycles. The number of hydrogen-bond acceptors (Lipinski definition) is 4. The van der Waals surface area contributed by atoms with Gasteiger partial charge < -0.3 is 19.1 Å². The number of nitrogens with zero attached hydrogens (tertiary/aromatic N) is 4. The molecule has 0 radical (unpaired) electrons. The molecule has 1 aliphatic heterocycles. The second kappa shape index (κ2) is 14.7. The molecule has 288 valence electrons. The van der Waals surface area contributed by atoms with Gasteiger partial charge in [-0.1, -0.05) is 114 Å². The van der Waals surface area contributed by atoms with Crippen molar-refractivity contribution in [2.75, 3.05) is 9.80 Å². The average molecular weight is 928 g/mol. The van der Waals surface area contributed by atoms with Gasteiger partial charge in [-0.05, 0) is 87.3 Å². The molecule has 0 saturated carbocycles. The predicted octanol–water partition coefficient (Wildman–Crippen LogP) is 13.5. The number of para-hydroxylation sites is 3. The van der Waals surface area contributed by atoms with Crippen LogP contribution >= 0.6 is 0 Å². The Hall–Kier alpha value is -5.64. The monoisotopic (exact) mass is 927 g/mol. The maximum Gasteiger partial charge on any atom is 0.136 e. The van der Waals surface area contributed by atoms with Gasteiger partial charge in [-0.3, -0.25) is 0 Å². The first kappa shape index (κ1) is 34.6. The number of aryl methyl sites for hydroxylation is 1. The summed E-state index contributed by atoms with van der Waals surface area (Å²) in [4.78, 5) is 9.17. The van der Waals surface area contributed by atoms with Gasteiger partial charge in [0.15, 0.2) is 0 Å². The van der Waals surface area contributed by atoms with E-state index in [1.54, 1.807) is 0 Å². The summed E-state index contributed by atoms with van der Waals surface area (Å²) >= 11 is 0. The minimum atomic E-state index is -2.34. The molecule has 5 nitrogen and oxygen atoms in total. The van der Waals surface area contributed by atoms with E-state index in [2.05, 4.69) is 119 Å². The number of anilines is 4. The summed E-state index contributed by atoms with van der Waals surface area (Å²) in [6, 6.07) is 51.9. The van der Waals surface area contributed by atoms with Crippen molar-refractivity contribution in [3.63, 3.8) is 0 Å². The normalized spacial score (nSPS) is 13.9. The van der Waals surface area contributed by atoms with Crippen molar-refractivity contribution in [1.29, 1.82) is 0 Å². The van der Waals surface area contributed by atoms with Crippen molar-refractivity contribution in [3.8, 4) is 28.4 Å². The van der Waals surface area contributed by atoms with Crippen molar-refractivity contribution in [3.05, 3.63) is 175 Å². The SMILES string of the molecule is [2H]C([2H])([2H])c1cnc(-n2c3[c-]c(Oc4[c-]c(N5[CH-]N(c6cc(C(C)(C)C)cc(C(C)(C)C)c6)c6ccccc65)ccc4)ccc3c3ccccc32)cc1-c1ccccc1.[Pt]. The van der Waals surface area contributed by atoms with Gasteiger partial charge >= 0.3 is 0 Å². The zero-order chi connectivity index (χ0) is 41.3. The van der Waals surface area contributed by atoms with Gasteiger partial charge in [0.2, 0.25) is 0 Å². The van der Waals surface area contributed by atoms with Crippen LogP contribution in [0.3, 0.4) is 0 Å². The zero-order valence-electron chi connectivity index (χ0n) is 35.9. The smallest absolute Gasteiger partial charge is 0.136 e. The maximum atomic E-state index is 8.27. The number of aromatic nitrogens is 2. The van der Waals surface area contributed by atoms with Crippen LogP contribution in [0.5, 0.6) is 11.5 Å². The zero-order valence-corrected chi connectivity index (χ0v) is 35.1. The van der Waals surface area contributed by atoms with Crippen molar-refractivity contribution in [2.45, 2.75) is 59.2 Å². The van der Waals surface area contributed by atoms with E-state index in [0.29, 0.717) is 22.9 Å². The summed E-state index contributed by atoms with van der Waals surface area (Å²) < 4.78 is 33.4. The summed E-state index contributed by atoms with van der Waals surface area (Å²) in [6.07, 6.45) is 1.48. The van der Waals surface area contributed by atoms with E-state index in [4.69, 9.17) is 13.8 Å². The van der Waals surface area contributed by atoms with Crippen molar-refractivity contribution < 1.29 is 29.9 Å². The minimum absolute atomic E-state index is 0. The minimum Gasteiger partial charge on any atom is -0.509 e. The van der Waals surface area contributed by atoms with Gasteiger partial charge in [0.05, 0.1) is 0 Å². The third-order valence-corrected chi connectivity index (χ3v) is 10.6. The largest absolute Gasteiger partial charge is 0.509 e. The Morgan fingerprint density at radius 3 is 2.04 bits per heavy atom. The molecular weight excluding hydrogens is 880 g/mol. The Morgan fingerprint density at radius 2 is 1.32 bits per heavy atom. The molecule has 0 atom stereocenters. The van der Waals surface area contributed by atoms with Gasteiger partial charge in [-0.15, -0.1) is 48.1 Å². The second-order valence-corrected chi connectivity index (χ2v) is 16.5. The molecule has 6 aromatic carbocycles. The quantitative estimate of drug-likeness (QED) is 0.156. The van der Waals surface area contributed by atoms with Crippen molar-refractivity contribution in [1.82, 2.24) is 9.55 Å². The first-order valence-corrected chi connectivity index (χ1v) is 19.0. The Kier molecular flexibility index (Phi) is 8.92. The Labute approximate surface area is 355 Å². The van der Waals surface area contributed by atoms with Gasteiger partial charge in [-0.25, -0.2) is 4.98 Å². The molecule has 0 bridgehead atoms. The first-order chi connectivity index (χ1) is 28.1. The van der Waals surface area contributed by atoms with Gasteiger partial charge in [0.25, 0.3) is 0 Å². The van der Waals surface area contributed by atoms with Crippen LogP contribution in [-0.4, -0.2) is 9.55 Å². The first-order valence-electron chi connectivity index (χ1n) is 20.5. The summed E-state index contributed by atoms with van der Waals surface area (Å²) in [5, 5.41) is 2.00. The molecule has 1 aliphatic rings. The molecule has 0 N–H and O–H groups in total. The van der Waals surface area contributed by atoms with Crippen molar-refractivity contribution >= 4 is 44.6 Å². The second-order valence-electron chi connectivity index (χ2n) is 16.5. The third-order valence-electron chi connectivity index (χ3n) is 10.6. The molecule has 0 unspecified atom stereocenters. The van der Waals surface area contributed by atoms with E-state index >= 15 is 0 Å². The van der Waals surface area contributed by atoms with Gasteiger partial charge in [-0.2, -0.15) is 12.1 Å². The van der Waals surface area contributed by atoms with E-state index in [1.807, 2.05) is 89.5 Å². The molecule has 6 heteroatoms. The van der Waals surface area contributed by atoms with E-state index in [9.17, 15) is 0 Å². The molecule has 2 aromatic heterocycles. The van der Waals surface area contributed by atoms with Crippen LogP contribution in [0.2, 0.25) is 0 Å². The number of benzene rings is 6. The average Bonchev–Trinajstić information content (AvgIpc) is 3.76.